The van der Waals surface area contributed by atoms with Crippen molar-refractivity contribution in [2.24, 2.45) is 0 Å². The highest BCUT2D eigenvalue weighted by Crippen LogP contribution is 2.24. The summed E-state index contributed by atoms with van der Waals surface area (Å²) in [4.78, 5) is 10.5. The van der Waals surface area contributed by atoms with Crippen LogP contribution < -0.4 is 10.2 Å². The highest BCUT2D eigenvalue weighted by Gasteiger charge is 2.32. The number of hydrogen-bond donors (Lipinski definition) is 2. The Balaban J connectivity index is 3.07. The van der Waals surface area contributed by atoms with Crippen molar-refractivity contribution in [1.29, 1.82) is 0 Å². The van der Waals surface area contributed by atoms with Crippen LogP contribution in [0.3, 0.4) is 0 Å². The summed E-state index contributed by atoms with van der Waals surface area (Å²) in [6.45, 7) is 0. The molecule has 0 amide bonds. The smallest absolute Gasteiger partial charge is 0.423 e. The van der Waals surface area contributed by atoms with Crippen molar-refractivity contribution < 1.29 is 32.8 Å². The zero-order chi connectivity index (χ0) is 12.3. The molecule has 8 heteroatoms. The van der Waals surface area contributed by atoms with Crippen molar-refractivity contribution >= 4 is 18.9 Å². The van der Waals surface area contributed by atoms with Crippen LogP contribution in [0.2, 0.25) is 0 Å². The Morgan fingerprint density at radius 3 is 2.38 bits per heavy atom. The van der Waals surface area contributed by atoms with Gasteiger partial charge in [-0.3, -0.25) is 4.79 Å². The molecule has 1 aromatic carbocycles. The molecule has 0 unspecified atom stereocenters. The molecule has 0 saturated carbocycles. The van der Waals surface area contributed by atoms with Crippen molar-refractivity contribution in [3.05, 3.63) is 23.8 Å². The fourth-order valence-corrected chi connectivity index (χ4v) is 1.04. The van der Waals surface area contributed by atoms with Gasteiger partial charge in [0.25, 0.3) is 0 Å². The third-order valence-corrected chi connectivity index (χ3v) is 1.68. The van der Waals surface area contributed by atoms with E-state index >= 15 is 0 Å². The first kappa shape index (κ1) is 12.5. The van der Waals surface area contributed by atoms with Gasteiger partial charge in [-0.05, 0) is 17.6 Å². The van der Waals surface area contributed by atoms with Crippen LogP contribution in [0.5, 0.6) is 5.75 Å². The molecule has 0 atom stereocenters. The van der Waals surface area contributed by atoms with E-state index in [0.29, 0.717) is 0 Å². The molecule has 0 bridgehead atoms. The lowest BCUT2D eigenvalue weighted by atomic mass is 9.79. The normalized spacial score (nSPS) is 11.1. The summed E-state index contributed by atoms with van der Waals surface area (Å²) in [6.07, 6.45) is -4.77. The Bertz CT molecular complexity index is 391. The molecule has 2 N–H and O–H groups in total. The fraction of sp³-hybridized carbons (Fsp3) is 0.125. The summed E-state index contributed by atoms with van der Waals surface area (Å²) in [6, 6.07) is 2.75. The monoisotopic (exact) mass is 234 g/mol. The van der Waals surface area contributed by atoms with Gasteiger partial charge in [0.1, 0.15) is 5.75 Å². The molecule has 16 heavy (non-hydrogen) atoms. The number of carbonyl (C=O) groups excluding carboxylic acids is 1. The first-order chi connectivity index (χ1) is 7.33. The molecule has 0 saturated heterocycles. The van der Waals surface area contributed by atoms with Crippen LogP contribution in [0.1, 0.15) is 10.4 Å². The number of benzene rings is 1. The minimum atomic E-state index is -4.91. The van der Waals surface area contributed by atoms with Crippen LogP contribution >= 0.6 is 0 Å². The lowest BCUT2D eigenvalue weighted by Gasteiger charge is -2.11. The molecule has 0 spiro atoms. The first-order valence-electron chi connectivity index (χ1n) is 4.04. The molecular weight excluding hydrogens is 228 g/mol. The number of aldehydes is 1. The average Bonchev–Trinajstić information content (AvgIpc) is 2.15. The van der Waals surface area contributed by atoms with Crippen LogP contribution in [-0.4, -0.2) is 29.8 Å². The van der Waals surface area contributed by atoms with Gasteiger partial charge in [-0.25, -0.2) is 0 Å². The molecule has 0 fully saturated rings. The SMILES string of the molecule is O=Cc1cc(B(O)O)ccc1OC(F)(F)F. The first-order valence-corrected chi connectivity index (χ1v) is 4.04. The quantitative estimate of drug-likeness (QED) is 0.573. The number of hydrogen-bond acceptors (Lipinski definition) is 4. The number of alkyl halides is 3. The van der Waals surface area contributed by atoms with Gasteiger partial charge >= 0.3 is 13.5 Å². The van der Waals surface area contributed by atoms with E-state index in [1.54, 1.807) is 0 Å². The third-order valence-electron chi connectivity index (χ3n) is 1.68. The van der Waals surface area contributed by atoms with Crippen molar-refractivity contribution in [1.82, 2.24) is 0 Å². The number of rotatable bonds is 3. The summed E-state index contributed by atoms with van der Waals surface area (Å²) in [7, 11) is -1.86. The number of ether oxygens (including phenoxy) is 1. The molecule has 4 nitrogen and oxygen atoms in total. The molecule has 0 heterocycles. The summed E-state index contributed by atoms with van der Waals surface area (Å²) >= 11 is 0. The Labute approximate surface area is 88.4 Å². The Hall–Kier alpha value is -1.54. The Morgan fingerprint density at radius 1 is 1.31 bits per heavy atom. The maximum atomic E-state index is 11.9. The molecule has 0 radical (unpaired) electrons. The van der Waals surface area contributed by atoms with Crippen molar-refractivity contribution in [3.8, 4) is 5.75 Å². The van der Waals surface area contributed by atoms with E-state index in [0.717, 1.165) is 18.2 Å². The van der Waals surface area contributed by atoms with Gasteiger partial charge in [0.2, 0.25) is 0 Å². The number of halogens is 3. The maximum absolute atomic E-state index is 11.9. The minimum absolute atomic E-state index is 0.100. The largest absolute Gasteiger partial charge is 0.573 e. The summed E-state index contributed by atoms with van der Waals surface area (Å²) < 4.78 is 39.2. The maximum Gasteiger partial charge on any atom is 0.573 e. The second-order valence-electron chi connectivity index (χ2n) is 2.84. The van der Waals surface area contributed by atoms with E-state index in [-0.39, 0.29) is 11.7 Å². The molecule has 1 aromatic rings. The molecule has 86 valence electrons. The van der Waals surface area contributed by atoms with Crippen molar-refractivity contribution in [2.75, 3.05) is 0 Å². The highest BCUT2D eigenvalue weighted by atomic mass is 19.4. The van der Waals surface area contributed by atoms with Crippen LogP contribution in [0, 0.1) is 0 Å². The van der Waals surface area contributed by atoms with E-state index < -0.39 is 24.8 Å². The lowest BCUT2D eigenvalue weighted by molar-refractivity contribution is -0.274. The standard InChI is InChI=1S/C8H6BF3O4/c10-8(11,12)16-7-2-1-6(9(14)15)3-5(7)4-13/h1-4,14-15H. The van der Waals surface area contributed by atoms with Crippen molar-refractivity contribution in [3.63, 3.8) is 0 Å². The van der Waals surface area contributed by atoms with E-state index in [2.05, 4.69) is 4.74 Å². The zero-order valence-electron chi connectivity index (χ0n) is 7.73. The third kappa shape index (κ3) is 3.25. The second kappa shape index (κ2) is 4.54. The van der Waals surface area contributed by atoms with Gasteiger partial charge in [0, 0.05) is 0 Å². The Morgan fingerprint density at radius 2 is 1.94 bits per heavy atom. The fourth-order valence-electron chi connectivity index (χ4n) is 1.04. The molecule has 0 aliphatic rings. The summed E-state index contributed by atoms with van der Waals surface area (Å²) in [5, 5.41) is 17.5. The van der Waals surface area contributed by atoms with Crippen LogP contribution in [-0.2, 0) is 0 Å². The topological polar surface area (TPSA) is 66.8 Å². The van der Waals surface area contributed by atoms with Crippen LogP contribution in [0.15, 0.2) is 18.2 Å². The van der Waals surface area contributed by atoms with E-state index in [4.69, 9.17) is 10.0 Å². The summed E-state index contributed by atoms with van der Waals surface area (Å²) in [5.74, 6) is -0.688. The average molecular weight is 234 g/mol. The number of carbonyl (C=O) groups is 1. The van der Waals surface area contributed by atoms with Crippen molar-refractivity contribution in [2.45, 2.75) is 6.36 Å². The summed E-state index contributed by atoms with van der Waals surface area (Å²) in [5.41, 5.74) is -0.514. The molecule has 0 aromatic heterocycles. The van der Waals surface area contributed by atoms with Gasteiger partial charge < -0.3 is 14.8 Å². The molecule has 1 rings (SSSR count). The second-order valence-corrected chi connectivity index (χ2v) is 2.84. The predicted octanol–water partition coefficient (Wildman–Crippen LogP) is 0.0775. The predicted molar refractivity (Wildman–Crippen MR) is 48.3 cm³/mol. The lowest BCUT2D eigenvalue weighted by Crippen LogP contribution is -2.30. The van der Waals surface area contributed by atoms with Gasteiger partial charge in [0.15, 0.2) is 6.29 Å². The van der Waals surface area contributed by atoms with Gasteiger partial charge in [-0.1, -0.05) is 6.07 Å². The van der Waals surface area contributed by atoms with E-state index in [1.807, 2.05) is 0 Å². The van der Waals surface area contributed by atoms with Gasteiger partial charge in [0.05, 0.1) is 5.56 Å². The van der Waals surface area contributed by atoms with E-state index in [9.17, 15) is 18.0 Å². The minimum Gasteiger partial charge on any atom is -0.423 e. The van der Waals surface area contributed by atoms with Crippen LogP contribution in [0.4, 0.5) is 13.2 Å². The van der Waals surface area contributed by atoms with Gasteiger partial charge in [-0.15, -0.1) is 13.2 Å². The van der Waals surface area contributed by atoms with Gasteiger partial charge in [-0.2, -0.15) is 0 Å². The molecule has 0 aliphatic carbocycles. The molecular formula is C8H6BF3O4. The van der Waals surface area contributed by atoms with E-state index in [1.165, 1.54) is 0 Å². The Kier molecular flexibility index (Phi) is 3.56. The zero-order valence-corrected chi connectivity index (χ0v) is 7.73. The highest BCUT2D eigenvalue weighted by molar-refractivity contribution is 6.58. The molecule has 0 aliphatic heterocycles. The van der Waals surface area contributed by atoms with Crippen LogP contribution in [0.25, 0.3) is 0 Å².